The fourth-order valence-corrected chi connectivity index (χ4v) is 1.10. The predicted molar refractivity (Wildman–Crippen MR) is 48.3 cm³/mol. The molecule has 0 spiro atoms. The number of hydrogen-bond acceptors (Lipinski definition) is 4. The second-order valence-corrected chi connectivity index (χ2v) is 2.62. The van der Waals surface area contributed by atoms with Gasteiger partial charge in [-0.15, -0.1) is 0 Å². The predicted octanol–water partition coefficient (Wildman–Crippen LogP) is 0.712. The fourth-order valence-electron chi connectivity index (χ4n) is 1.10. The number of nitrogens with zero attached hydrogens (tertiary/aromatic N) is 1. The zero-order chi connectivity index (χ0) is 9.84. The first-order chi connectivity index (χ1) is 6.15. The minimum Gasteiger partial charge on any atom is -0.399 e. The molecule has 5 heteroatoms. The summed E-state index contributed by atoms with van der Waals surface area (Å²) in [4.78, 5) is 10.0. The van der Waals surface area contributed by atoms with Crippen LogP contribution in [0.25, 0.3) is 0 Å². The Balaban J connectivity index is 3.10. The van der Waals surface area contributed by atoms with E-state index in [1.54, 1.807) is 0 Å². The monoisotopic (exact) mass is 182 g/mol. The third-order valence-corrected chi connectivity index (χ3v) is 1.68. The van der Waals surface area contributed by atoms with Gasteiger partial charge in [-0.1, -0.05) is 0 Å². The first-order valence-corrected chi connectivity index (χ1v) is 3.79. The van der Waals surface area contributed by atoms with Crippen molar-refractivity contribution in [2.45, 2.75) is 6.42 Å². The van der Waals surface area contributed by atoms with Crippen molar-refractivity contribution in [1.82, 2.24) is 0 Å². The maximum absolute atomic E-state index is 10.5. The van der Waals surface area contributed by atoms with Gasteiger partial charge in [-0.25, -0.2) is 0 Å². The molecule has 0 unspecified atom stereocenters. The van der Waals surface area contributed by atoms with E-state index in [2.05, 4.69) is 0 Å². The van der Waals surface area contributed by atoms with Crippen LogP contribution in [0.2, 0.25) is 0 Å². The summed E-state index contributed by atoms with van der Waals surface area (Å²) in [7, 11) is 0. The molecule has 0 bridgehead atoms. The number of rotatable bonds is 3. The molecule has 0 aliphatic heterocycles. The summed E-state index contributed by atoms with van der Waals surface area (Å²) in [6.45, 7) is -0.121. The molecule has 13 heavy (non-hydrogen) atoms. The molecule has 0 atom stereocenters. The van der Waals surface area contributed by atoms with Crippen LogP contribution < -0.4 is 5.73 Å². The van der Waals surface area contributed by atoms with Crippen LogP contribution in [-0.4, -0.2) is 16.6 Å². The van der Waals surface area contributed by atoms with Crippen LogP contribution in [0.3, 0.4) is 0 Å². The van der Waals surface area contributed by atoms with Crippen molar-refractivity contribution < 1.29 is 10.0 Å². The van der Waals surface area contributed by atoms with E-state index in [0.29, 0.717) is 11.3 Å². The number of nitrogen functional groups attached to an aromatic ring is 1. The minimum atomic E-state index is -0.482. The van der Waals surface area contributed by atoms with E-state index in [9.17, 15) is 10.1 Å². The summed E-state index contributed by atoms with van der Waals surface area (Å²) in [6, 6.07) is 4.33. The number of aliphatic hydroxyl groups excluding tert-OH is 1. The lowest BCUT2D eigenvalue weighted by Crippen LogP contribution is -1.99. The van der Waals surface area contributed by atoms with Crippen LogP contribution in [0.5, 0.6) is 0 Å². The molecule has 0 amide bonds. The highest BCUT2D eigenvalue weighted by Gasteiger charge is 2.12. The number of benzene rings is 1. The highest BCUT2D eigenvalue weighted by Crippen LogP contribution is 2.21. The molecule has 0 radical (unpaired) electrons. The quantitative estimate of drug-likeness (QED) is 0.409. The molecular formula is C8H10N2O3. The van der Waals surface area contributed by atoms with E-state index in [-0.39, 0.29) is 18.7 Å². The Kier molecular flexibility index (Phi) is 2.81. The van der Waals surface area contributed by atoms with Gasteiger partial charge in [0.1, 0.15) is 0 Å². The van der Waals surface area contributed by atoms with Crippen molar-refractivity contribution in [2.75, 3.05) is 12.3 Å². The zero-order valence-corrected chi connectivity index (χ0v) is 6.93. The lowest BCUT2D eigenvalue weighted by molar-refractivity contribution is -0.385. The Bertz CT molecular complexity index is 325. The smallest absolute Gasteiger partial charge is 0.272 e. The molecule has 1 aromatic rings. The van der Waals surface area contributed by atoms with Crippen molar-refractivity contribution in [2.24, 2.45) is 0 Å². The maximum Gasteiger partial charge on any atom is 0.272 e. The molecule has 0 aromatic heterocycles. The Morgan fingerprint density at radius 3 is 2.77 bits per heavy atom. The SMILES string of the molecule is Nc1ccc([N+](=O)[O-])c(CCO)c1. The van der Waals surface area contributed by atoms with E-state index in [4.69, 9.17) is 10.8 Å². The first kappa shape index (κ1) is 9.47. The van der Waals surface area contributed by atoms with E-state index in [1.807, 2.05) is 0 Å². The van der Waals surface area contributed by atoms with E-state index < -0.39 is 4.92 Å². The van der Waals surface area contributed by atoms with Gasteiger partial charge in [-0.2, -0.15) is 0 Å². The Hall–Kier alpha value is -1.62. The van der Waals surface area contributed by atoms with Gasteiger partial charge >= 0.3 is 0 Å². The normalized spacial score (nSPS) is 9.92. The maximum atomic E-state index is 10.5. The Labute approximate surface area is 74.9 Å². The molecule has 70 valence electrons. The van der Waals surface area contributed by atoms with Gasteiger partial charge in [0.2, 0.25) is 0 Å². The number of nitrogens with two attached hydrogens (primary N) is 1. The van der Waals surface area contributed by atoms with E-state index >= 15 is 0 Å². The molecule has 0 heterocycles. The second-order valence-electron chi connectivity index (χ2n) is 2.62. The van der Waals surface area contributed by atoms with Crippen molar-refractivity contribution in [1.29, 1.82) is 0 Å². The average Bonchev–Trinajstić information content (AvgIpc) is 2.04. The standard InChI is InChI=1S/C8H10N2O3/c9-7-1-2-8(10(12)13)6(5-7)3-4-11/h1-2,5,11H,3-4,9H2. The molecule has 5 nitrogen and oxygen atoms in total. The molecule has 0 fully saturated rings. The highest BCUT2D eigenvalue weighted by molar-refractivity contribution is 5.51. The van der Waals surface area contributed by atoms with Gasteiger partial charge in [0.05, 0.1) is 4.92 Å². The van der Waals surface area contributed by atoms with Crippen molar-refractivity contribution in [3.05, 3.63) is 33.9 Å². The zero-order valence-electron chi connectivity index (χ0n) is 6.93. The van der Waals surface area contributed by atoms with Gasteiger partial charge in [0.25, 0.3) is 5.69 Å². The minimum absolute atomic E-state index is 0.00301. The number of nitro benzene ring substituents is 1. The fraction of sp³-hybridized carbons (Fsp3) is 0.250. The van der Waals surface area contributed by atoms with Crippen molar-refractivity contribution in [3.63, 3.8) is 0 Å². The third kappa shape index (κ3) is 2.16. The molecule has 1 rings (SSSR count). The Morgan fingerprint density at radius 1 is 1.54 bits per heavy atom. The van der Waals surface area contributed by atoms with Crippen molar-refractivity contribution >= 4 is 11.4 Å². The number of anilines is 1. The largest absolute Gasteiger partial charge is 0.399 e. The Morgan fingerprint density at radius 2 is 2.23 bits per heavy atom. The van der Waals surface area contributed by atoms with Crippen molar-refractivity contribution in [3.8, 4) is 0 Å². The molecule has 0 saturated carbocycles. The van der Waals surface area contributed by atoms with E-state index in [0.717, 1.165) is 0 Å². The number of hydrogen-bond donors (Lipinski definition) is 2. The van der Waals surface area contributed by atoms with Crippen LogP contribution >= 0.6 is 0 Å². The number of aliphatic hydroxyl groups is 1. The topological polar surface area (TPSA) is 89.4 Å². The first-order valence-electron chi connectivity index (χ1n) is 3.79. The van der Waals surface area contributed by atoms with Crippen LogP contribution in [0.4, 0.5) is 11.4 Å². The molecule has 0 aliphatic carbocycles. The molecule has 0 aliphatic rings. The summed E-state index contributed by atoms with van der Waals surface area (Å²) >= 11 is 0. The van der Waals surface area contributed by atoms with Crippen LogP contribution in [0.1, 0.15) is 5.56 Å². The summed E-state index contributed by atoms with van der Waals surface area (Å²) in [6.07, 6.45) is 0.251. The lowest BCUT2D eigenvalue weighted by Gasteiger charge is -2.01. The molecule has 3 N–H and O–H groups in total. The summed E-state index contributed by atoms with van der Waals surface area (Å²) in [5, 5.41) is 19.1. The molecule has 1 aromatic carbocycles. The highest BCUT2D eigenvalue weighted by atomic mass is 16.6. The molecule has 0 saturated heterocycles. The van der Waals surface area contributed by atoms with Gasteiger partial charge in [0, 0.05) is 30.3 Å². The van der Waals surface area contributed by atoms with E-state index in [1.165, 1.54) is 18.2 Å². The lowest BCUT2D eigenvalue weighted by atomic mass is 10.1. The van der Waals surface area contributed by atoms with Crippen LogP contribution in [-0.2, 0) is 6.42 Å². The van der Waals surface area contributed by atoms with Gasteiger partial charge < -0.3 is 10.8 Å². The third-order valence-electron chi connectivity index (χ3n) is 1.68. The summed E-state index contributed by atoms with van der Waals surface area (Å²) < 4.78 is 0. The summed E-state index contributed by atoms with van der Waals surface area (Å²) in [5.74, 6) is 0. The number of nitro groups is 1. The van der Waals surface area contributed by atoms with Gasteiger partial charge in [-0.05, 0) is 12.1 Å². The van der Waals surface area contributed by atoms with Gasteiger partial charge in [0.15, 0.2) is 0 Å². The van der Waals surface area contributed by atoms with Crippen LogP contribution in [0, 0.1) is 10.1 Å². The van der Waals surface area contributed by atoms with Gasteiger partial charge in [-0.3, -0.25) is 10.1 Å². The average molecular weight is 182 g/mol. The molecular weight excluding hydrogens is 172 g/mol. The summed E-state index contributed by atoms with van der Waals surface area (Å²) in [5.41, 5.74) is 6.39. The second kappa shape index (κ2) is 3.86. The van der Waals surface area contributed by atoms with Crippen LogP contribution in [0.15, 0.2) is 18.2 Å².